The zero-order chi connectivity index (χ0) is 16.3. The number of carbonyl (C=O) groups excluding carboxylic acids is 1. The van der Waals surface area contributed by atoms with Crippen molar-refractivity contribution in [2.75, 3.05) is 6.61 Å². The molecule has 3 rings (SSSR count). The number of rotatable bonds is 4. The highest BCUT2D eigenvalue weighted by atomic mass is 16.5. The Morgan fingerprint density at radius 3 is 2.74 bits per heavy atom. The second-order valence-electron chi connectivity index (χ2n) is 6.06. The first kappa shape index (κ1) is 15.6. The van der Waals surface area contributed by atoms with Crippen LogP contribution in [0.2, 0.25) is 0 Å². The maximum Gasteiger partial charge on any atom is 0.271 e. The molecular formula is C16H21N5O2. The molecule has 0 bridgehead atoms. The molecule has 0 unspecified atom stereocenters. The molecule has 1 atom stereocenters. The van der Waals surface area contributed by atoms with Crippen molar-refractivity contribution in [3.63, 3.8) is 0 Å². The topological polar surface area (TPSA) is 81.9 Å². The molecule has 122 valence electrons. The van der Waals surface area contributed by atoms with Gasteiger partial charge in [-0.25, -0.2) is 15.0 Å². The Hall–Kier alpha value is -2.28. The van der Waals surface area contributed by atoms with Crippen molar-refractivity contribution in [3.8, 4) is 0 Å². The van der Waals surface area contributed by atoms with Gasteiger partial charge in [-0.15, -0.1) is 0 Å². The van der Waals surface area contributed by atoms with Crippen molar-refractivity contribution in [2.45, 2.75) is 38.3 Å². The van der Waals surface area contributed by atoms with Crippen molar-refractivity contribution in [3.05, 3.63) is 42.0 Å². The van der Waals surface area contributed by atoms with Crippen LogP contribution in [-0.4, -0.2) is 32.0 Å². The first-order valence-corrected chi connectivity index (χ1v) is 7.78. The summed E-state index contributed by atoms with van der Waals surface area (Å²) in [4.78, 5) is 24.8. The summed E-state index contributed by atoms with van der Waals surface area (Å²) in [6.07, 6.45) is 9.90. The fourth-order valence-electron chi connectivity index (χ4n) is 2.63. The third-order valence-corrected chi connectivity index (χ3v) is 4.04. The summed E-state index contributed by atoms with van der Waals surface area (Å²) in [5.74, 6) is 0.495. The quantitative estimate of drug-likeness (QED) is 0.926. The van der Waals surface area contributed by atoms with Crippen LogP contribution in [0.5, 0.6) is 0 Å². The predicted molar refractivity (Wildman–Crippen MR) is 83.6 cm³/mol. The van der Waals surface area contributed by atoms with E-state index in [1.807, 2.05) is 14.0 Å². The molecule has 7 heteroatoms. The molecule has 2 aromatic heterocycles. The van der Waals surface area contributed by atoms with Gasteiger partial charge in [0.1, 0.15) is 11.3 Å². The molecule has 0 spiro atoms. The largest absolute Gasteiger partial charge is 0.367 e. The van der Waals surface area contributed by atoms with Gasteiger partial charge in [0.2, 0.25) is 0 Å². The molecule has 1 aliphatic rings. The van der Waals surface area contributed by atoms with Gasteiger partial charge in [-0.3, -0.25) is 4.79 Å². The molecular weight excluding hydrogens is 294 g/mol. The average Bonchev–Trinajstić information content (AvgIpc) is 3.00. The van der Waals surface area contributed by atoms with E-state index < -0.39 is 5.60 Å². The SMILES string of the molecule is Cn1cnc(C(=O)NCc2cnc([C@@]3(C)CCCCO3)nc2)c1. The molecule has 1 N–H and O–H groups in total. The van der Waals surface area contributed by atoms with E-state index in [1.165, 1.54) is 0 Å². The highest BCUT2D eigenvalue weighted by molar-refractivity contribution is 5.91. The first-order chi connectivity index (χ1) is 11.1. The van der Waals surface area contributed by atoms with Crippen LogP contribution in [0.3, 0.4) is 0 Å². The normalized spacial score (nSPS) is 21.1. The summed E-state index contributed by atoms with van der Waals surface area (Å²) < 4.78 is 7.58. The average molecular weight is 315 g/mol. The summed E-state index contributed by atoms with van der Waals surface area (Å²) in [6.45, 7) is 3.15. The van der Waals surface area contributed by atoms with E-state index in [-0.39, 0.29) is 5.91 Å². The molecule has 1 fully saturated rings. The van der Waals surface area contributed by atoms with E-state index in [1.54, 1.807) is 29.5 Å². The molecule has 0 radical (unpaired) electrons. The number of hydrogen-bond acceptors (Lipinski definition) is 5. The fraction of sp³-hybridized carbons (Fsp3) is 0.500. The summed E-state index contributed by atoms with van der Waals surface area (Å²) in [5.41, 5.74) is 0.846. The van der Waals surface area contributed by atoms with Crippen molar-refractivity contribution >= 4 is 5.91 Å². The summed E-state index contributed by atoms with van der Waals surface area (Å²) in [6, 6.07) is 0. The molecule has 1 amide bonds. The van der Waals surface area contributed by atoms with Gasteiger partial charge in [0, 0.05) is 44.4 Å². The maximum atomic E-state index is 11.9. The van der Waals surface area contributed by atoms with Gasteiger partial charge < -0.3 is 14.6 Å². The molecule has 0 aliphatic carbocycles. The lowest BCUT2D eigenvalue weighted by Crippen LogP contribution is -2.32. The van der Waals surface area contributed by atoms with E-state index in [4.69, 9.17) is 4.74 Å². The van der Waals surface area contributed by atoms with E-state index in [0.29, 0.717) is 18.1 Å². The minimum absolute atomic E-state index is 0.211. The summed E-state index contributed by atoms with van der Waals surface area (Å²) >= 11 is 0. The van der Waals surface area contributed by atoms with E-state index in [2.05, 4.69) is 20.3 Å². The predicted octanol–water partition coefficient (Wildman–Crippen LogP) is 1.56. The smallest absolute Gasteiger partial charge is 0.271 e. The van der Waals surface area contributed by atoms with Gasteiger partial charge in [0.25, 0.3) is 5.91 Å². The van der Waals surface area contributed by atoms with Gasteiger partial charge in [-0.05, 0) is 26.2 Å². The summed E-state index contributed by atoms with van der Waals surface area (Å²) in [5, 5.41) is 2.81. The van der Waals surface area contributed by atoms with E-state index in [0.717, 1.165) is 31.4 Å². The Labute approximate surface area is 135 Å². The number of nitrogens with zero attached hydrogens (tertiary/aromatic N) is 4. The third-order valence-electron chi connectivity index (χ3n) is 4.04. The number of hydrogen-bond donors (Lipinski definition) is 1. The Morgan fingerprint density at radius 2 is 2.13 bits per heavy atom. The lowest BCUT2D eigenvalue weighted by atomic mass is 9.95. The van der Waals surface area contributed by atoms with Crippen LogP contribution in [-0.2, 0) is 23.9 Å². The van der Waals surface area contributed by atoms with Crippen LogP contribution >= 0.6 is 0 Å². The number of ether oxygens (including phenoxy) is 1. The Bertz CT molecular complexity index is 674. The van der Waals surface area contributed by atoms with Crippen LogP contribution < -0.4 is 5.32 Å². The molecule has 0 aromatic carbocycles. The van der Waals surface area contributed by atoms with Crippen LogP contribution in [0, 0.1) is 0 Å². The monoisotopic (exact) mass is 315 g/mol. The molecule has 3 heterocycles. The Balaban J connectivity index is 1.60. The first-order valence-electron chi connectivity index (χ1n) is 7.78. The lowest BCUT2D eigenvalue weighted by Gasteiger charge is -2.32. The highest BCUT2D eigenvalue weighted by Crippen LogP contribution is 2.32. The molecule has 2 aromatic rings. The van der Waals surface area contributed by atoms with E-state index in [9.17, 15) is 4.79 Å². The third kappa shape index (κ3) is 3.56. The van der Waals surface area contributed by atoms with Gasteiger partial charge in [-0.2, -0.15) is 0 Å². The van der Waals surface area contributed by atoms with Gasteiger partial charge in [0.15, 0.2) is 5.82 Å². The van der Waals surface area contributed by atoms with E-state index >= 15 is 0 Å². The Kier molecular flexibility index (Phi) is 4.38. The van der Waals surface area contributed by atoms with Crippen molar-refractivity contribution in [2.24, 2.45) is 7.05 Å². The standard InChI is InChI=1S/C16H21N5O2/c1-16(5-3-4-6-23-16)15-18-8-12(9-19-15)7-17-14(22)13-10-21(2)11-20-13/h8-11H,3-7H2,1-2H3,(H,17,22)/t16-/m1/s1. The fourth-order valence-corrected chi connectivity index (χ4v) is 2.63. The van der Waals surface area contributed by atoms with Crippen molar-refractivity contribution < 1.29 is 9.53 Å². The number of aryl methyl sites for hydroxylation is 1. The molecule has 1 saturated heterocycles. The highest BCUT2D eigenvalue weighted by Gasteiger charge is 2.32. The molecule has 23 heavy (non-hydrogen) atoms. The number of nitrogens with one attached hydrogen (secondary N) is 1. The zero-order valence-electron chi connectivity index (χ0n) is 13.5. The van der Waals surface area contributed by atoms with Crippen LogP contribution in [0.15, 0.2) is 24.9 Å². The van der Waals surface area contributed by atoms with Gasteiger partial charge in [0.05, 0.1) is 6.33 Å². The van der Waals surface area contributed by atoms with Crippen molar-refractivity contribution in [1.29, 1.82) is 0 Å². The Morgan fingerprint density at radius 1 is 1.35 bits per heavy atom. The zero-order valence-corrected chi connectivity index (χ0v) is 13.5. The van der Waals surface area contributed by atoms with Crippen LogP contribution in [0.1, 0.15) is 48.1 Å². The number of carbonyl (C=O) groups is 1. The number of imidazole rings is 1. The van der Waals surface area contributed by atoms with Crippen LogP contribution in [0.4, 0.5) is 0 Å². The minimum atomic E-state index is -0.395. The molecule has 1 aliphatic heterocycles. The number of amides is 1. The summed E-state index contributed by atoms with van der Waals surface area (Å²) in [7, 11) is 1.82. The van der Waals surface area contributed by atoms with Crippen molar-refractivity contribution in [1.82, 2.24) is 24.8 Å². The van der Waals surface area contributed by atoms with Gasteiger partial charge >= 0.3 is 0 Å². The van der Waals surface area contributed by atoms with Gasteiger partial charge in [-0.1, -0.05) is 0 Å². The molecule has 7 nitrogen and oxygen atoms in total. The molecule has 0 saturated carbocycles. The maximum absolute atomic E-state index is 11.9. The van der Waals surface area contributed by atoms with Crippen LogP contribution in [0.25, 0.3) is 0 Å². The second kappa shape index (κ2) is 6.45. The second-order valence-corrected chi connectivity index (χ2v) is 6.06. The lowest BCUT2D eigenvalue weighted by molar-refractivity contribution is -0.0760. The minimum Gasteiger partial charge on any atom is -0.367 e. The number of aromatic nitrogens is 4.